The second-order valence-electron chi connectivity index (χ2n) is 11.7. The molecule has 0 nitrogen and oxygen atoms in total. The number of rotatable bonds is 9. The van der Waals surface area contributed by atoms with Gasteiger partial charge in [0.25, 0.3) is 0 Å². The highest BCUT2D eigenvalue weighted by Gasteiger charge is 2.43. The lowest BCUT2D eigenvalue weighted by atomic mass is 9.90. The number of benzene rings is 2. The Balaban J connectivity index is 1.33. The zero-order valence-electron chi connectivity index (χ0n) is 26.6. The molecular formula is C43H25Cl2S6+. The molecule has 0 atom stereocenters. The van der Waals surface area contributed by atoms with Crippen molar-refractivity contribution in [3.63, 3.8) is 0 Å². The van der Waals surface area contributed by atoms with Crippen LogP contribution >= 0.6 is 91.2 Å². The molecule has 1 fully saturated rings. The van der Waals surface area contributed by atoms with E-state index in [0.29, 0.717) is 0 Å². The molecule has 8 heteroatoms. The molecule has 246 valence electrons. The number of allylic oxidation sites excluding steroid dienone is 3. The van der Waals surface area contributed by atoms with E-state index in [4.69, 9.17) is 23.2 Å². The van der Waals surface area contributed by atoms with Gasteiger partial charge in [0, 0.05) is 68.8 Å². The van der Waals surface area contributed by atoms with Gasteiger partial charge >= 0.3 is 0 Å². The quantitative estimate of drug-likeness (QED) is 0.128. The molecule has 0 spiro atoms. The van der Waals surface area contributed by atoms with E-state index in [-0.39, 0.29) is 0 Å². The van der Waals surface area contributed by atoms with E-state index in [1.165, 1.54) is 67.6 Å². The van der Waals surface area contributed by atoms with Crippen molar-refractivity contribution < 1.29 is 0 Å². The summed E-state index contributed by atoms with van der Waals surface area (Å²) in [4.78, 5) is 8.84. The van der Waals surface area contributed by atoms with Gasteiger partial charge in [-0.15, -0.1) is 68.0 Å². The fourth-order valence-electron chi connectivity index (χ4n) is 6.44. The van der Waals surface area contributed by atoms with Crippen molar-refractivity contribution in [3.8, 4) is 0 Å². The lowest BCUT2D eigenvalue weighted by molar-refractivity contribution is 1.27. The molecule has 0 aliphatic heterocycles. The number of hydrogen-bond acceptors (Lipinski definition) is 6. The van der Waals surface area contributed by atoms with Crippen LogP contribution < -0.4 is 0 Å². The molecule has 1 aliphatic rings. The number of halogens is 2. The molecule has 6 aromatic heterocycles. The SMILES string of the molecule is Clc1ccc([C+](c2ccc(Cl)cc2)c2ccc(C(=C3C(=C(c4cccs4)c4cccs4)C3=C(c3cccs3)c3cccs3)c3cccs3)s2)cc1. The Bertz CT molecular complexity index is 2280. The normalized spacial score (nSPS) is 12.4. The van der Waals surface area contributed by atoms with E-state index >= 15 is 0 Å². The fourth-order valence-corrected chi connectivity index (χ4v) is 12.0. The molecule has 0 N–H and O–H groups in total. The Morgan fingerprint density at radius 3 is 1.02 bits per heavy atom. The number of thiophene rings is 6. The Morgan fingerprint density at radius 1 is 0.373 bits per heavy atom. The lowest BCUT2D eigenvalue weighted by Crippen LogP contribution is -2.02. The molecule has 51 heavy (non-hydrogen) atoms. The summed E-state index contributed by atoms with van der Waals surface area (Å²) in [5, 5.41) is 12.4. The molecule has 9 rings (SSSR count). The van der Waals surface area contributed by atoms with Gasteiger partial charge in [0.2, 0.25) is 0 Å². The van der Waals surface area contributed by atoms with Gasteiger partial charge in [-0.1, -0.05) is 53.5 Å². The Hall–Kier alpha value is -3.69. The largest absolute Gasteiger partial charge is 0.144 e. The molecule has 0 bridgehead atoms. The fraction of sp³-hybridized carbons (Fsp3) is 0. The van der Waals surface area contributed by atoms with Crippen LogP contribution in [0.15, 0.2) is 165 Å². The van der Waals surface area contributed by atoms with Crippen LogP contribution in [0.25, 0.3) is 16.7 Å². The van der Waals surface area contributed by atoms with Crippen LogP contribution in [0.2, 0.25) is 10.0 Å². The number of hydrogen-bond donors (Lipinski definition) is 0. The first kappa shape index (κ1) is 33.2. The van der Waals surface area contributed by atoms with Crippen molar-refractivity contribution in [1.82, 2.24) is 0 Å². The van der Waals surface area contributed by atoms with Gasteiger partial charge in [0.1, 0.15) is 0 Å². The predicted molar refractivity (Wildman–Crippen MR) is 227 cm³/mol. The highest BCUT2D eigenvalue weighted by molar-refractivity contribution is 7.16. The maximum absolute atomic E-state index is 6.37. The standard InChI is InChI=1S/C43H25Cl2S6/c44-28-15-11-26(12-16-28)37(27-13-17-29(45)18-14-27)35-19-20-36(51-35)40(34-10-5-25-50-34)43-41(38(30-6-1-21-46-30)31-7-2-22-47-31)42(43)39(32-8-3-23-48-32)33-9-4-24-49-33/h1-25H/q+1. The van der Waals surface area contributed by atoms with E-state index in [9.17, 15) is 0 Å². The summed E-state index contributed by atoms with van der Waals surface area (Å²) in [6.45, 7) is 0. The average molecular weight is 805 g/mol. The minimum absolute atomic E-state index is 0.720. The van der Waals surface area contributed by atoms with E-state index in [1.54, 1.807) is 11.3 Å². The molecule has 0 unspecified atom stereocenters. The minimum atomic E-state index is 0.720. The van der Waals surface area contributed by atoms with Crippen LogP contribution in [0.4, 0.5) is 0 Å². The summed E-state index contributed by atoms with van der Waals surface area (Å²) in [6.07, 6.45) is 0. The monoisotopic (exact) mass is 803 g/mol. The molecule has 8 aromatic rings. The van der Waals surface area contributed by atoms with Crippen molar-refractivity contribution in [2.75, 3.05) is 0 Å². The third kappa shape index (κ3) is 6.50. The van der Waals surface area contributed by atoms with Gasteiger partial charge in [-0.05, 0) is 112 Å². The Labute approximate surface area is 331 Å². The van der Waals surface area contributed by atoms with E-state index in [1.807, 2.05) is 80.9 Å². The van der Waals surface area contributed by atoms with Gasteiger partial charge in [0.05, 0.1) is 32.0 Å². The van der Waals surface area contributed by atoms with E-state index in [0.717, 1.165) is 27.1 Å². The molecule has 0 saturated heterocycles. The highest BCUT2D eigenvalue weighted by atomic mass is 35.5. The molecule has 1 saturated carbocycles. The predicted octanol–water partition coefficient (Wildman–Crippen LogP) is 15.2. The molecule has 0 amide bonds. The minimum Gasteiger partial charge on any atom is -0.144 e. The van der Waals surface area contributed by atoms with Crippen molar-refractivity contribution in [2.24, 2.45) is 0 Å². The third-order valence-electron chi connectivity index (χ3n) is 8.64. The maximum Gasteiger partial charge on any atom is 0.0919 e. The van der Waals surface area contributed by atoms with Gasteiger partial charge in [-0.25, -0.2) is 0 Å². The summed E-state index contributed by atoms with van der Waals surface area (Å²) in [5.41, 5.74) is 10.2. The van der Waals surface area contributed by atoms with Crippen molar-refractivity contribution in [3.05, 3.63) is 226 Å². The molecule has 2 aromatic carbocycles. The van der Waals surface area contributed by atoms with Gasteiger partial charge in [-0.3, -0.25) is 0 Å². The van der Waals surface area contributed by atoms with E-state index < -0.39 is 0 Å². The second-order valence-corrected chi connectivity index (χ2v) is 18.4. The van der Waals surface area contributed by atoms with E-state index in [2.05, 4.69) is 124 Å². The Morgan fingerprint density at radius 2 is 0.706 bits per heavy atom. The molecular weight excluding hydrogens is 780 g/mol. The van der Waals surface area contributed by atoms with Crippen LogP contribution in [-0.4, -0.2) is 0 Å². The van der Waals surface area contributed by atoms with Crippen molar-refractivity contribution in [2.45, 2.75) is 0 Å². The van der Waals surface area contributed by atoms with Gasteiger partial charge in [0.15, 0.2) is 0 Å². The van der Waals surface area contributed by atoms with Crippen LogP contribution in [-0.2, 0) is 0 Å². The second kappa shape index (κ2) is 14.4. The summed E-state index contributed by atoms with van der Waals surface area (Å²) < 4.78 is 0. The molecule has 6 heterocycles. The van der Waals surface area contributed by atoms with Crippen LogP contribution in [0, 0.1) is 5.92 Å². The maximum atomic E-state index is 6.37. The van der Waals surface area contributed by atoms with Crippen LogP contribution in [0.1, 0.15) is 45.3 Å². The van der Waals surface area contributed by atoms with Gasteiger partial charge < -0.3 is 0 Å². The first-order chi connectivity index (χ1) is 25.1. The molecule has 0 radical (unpaired) electrons. The third-order valence-corrected chi connectivity index (χ3v) is 14.7. The summed E-state index contributed by atoms with van der Waals surface area (Å²) in [6, 6.07) is 43.1. The van der Waals surface area contributed by atoms with Crippen molar-refractivity contribution in [1.29, 1.82) is 0 Å². The molecule has 1 aliphatic carbocycles. The zero-order chi connectivity index (χ0) is 34.3. The smallest absolute Gasteiger partial charge is 0.0919 e. The van der Waals surface area contributed by atoms with Crippen LogP contribution in [0.5, 0.6) is 0 Å². The first-order valence-electron chi connectivity index (χ1n) is 16.1. The topological polar surface area (TPSA) is 0 Å². The average Bonchev–Trinajstić information content (AvgIpc) is 3.95. The summed E-state index contributed by atoms with van der Waals surface area (Å²) >= 11 is 23.6. The summed E-state index contributed by atoms with van der Waals surface area (Å²) in [5.74, 6) is 1.16. The van der Waals surface area contributed by atoms with Gasteiger partial charge in [-0.2, -0.15) is 0 Å². The highest BCUT2D eigenvalue weighted by Crippen LogP contribution is 2.61. The lowest BCUT2D eigenvalue weighted by Gasteiger charge is -2.11. The zero-order valence-corrected chi connectivity index (χ0v) is 33.1. The Kier molecular flexibility index (Phi) is 9.35. The van der Waals surface area contributed by atoms with Crippen LogP contribution in [0.3, 0.4) is 0 Å². The summed E-state index contributed by atoms with van der Waals surface area (Å²) in [7, 11) is 0. The first-order valence-corrected chi connectivity index (χ1v) is 22.0. The van der Waals surface area contributed by atoms with Crippen molar-refractivity contribution >= 4 is 108 Å².